The van der Waals surface area contributed by atoms with Crippen LogP contribution in [0.2, 0.25) is 0 Å². The molecule has 0 aromatic carbocycles. The van der Waals surface area contributed by atoms with E-state index < -0.39 is 0 Å². The highest BCUT2D eigenvalue weighted by molar-refractivity contribution is 5.24. The molecule has 20 heavy (non-hydrogen) atoms. The van der Waals surface area contributed by atoms with Crippen molar-refractivity contribution in [3.05, 3.63) is 17.5 Å². The Balaban J connectivity index is 1.92. The van der Waals surface area contributed by atoms with Gasteiger partial charge in [0.1, 0.15) is 0 Å². The van der Waals surface area contributed by atoms with E-state index in [1.165, 1.54) is 25.7 Å². The van der Waals surface area contributed by atoms with Crippen LogP contribution in [0.4, 0.5) is 6.01 Å². The molecule has 1 heterocycles. The first-order valence-electron chi connectivity index (χ1n) is 7.73. The number of allylic oxidation sites excluding steroid dienone is 1. The highest BCUT2D eigenvalue weighted by Crippen LogP contribution is 2.21. The first-order valence-corrected chi connectivity index (χ1v) is 7.73. The Bertz CT molecular complexity index is 427. The van der Waals surface area contributed by atoms with Gasteiger partial charge >= 0.3 is 6.01 Å². The van der Waals surface area contributed by atoms with Gasteiger partial charge in [-0.15, -0.1) is 5.10 Å². The third kappa shape index (κ3) is 4.34. The number of hydrogen-bond donors (Lipinski definition) is 1. The van der Waals surface area contributed by atoms with Crippen molar-refractivity contribution in [3.8, 4) is 0 Å². The fraction of sp³-hybridized carbons (Fsp3) is 0.733. The van der Waals surface area contributed by atoms with Crippen LogP contribution in [0.25, 0.3) is 0 Å². The topological polar surface area (TPSA) is 54.2 Å². The van der Waals surface area contributed by atoms with Crippen LogP contribution in [0.15, 0.2) is 16.1 Å². The molecule has 5 heteroatoms. The Kier molecular flexibility index (Phi) is 6.05. The fourth-order valence-electron chi connectivity index (χ4n) is 2.58. The standard InChI is InChI=1S/C15H26N4O/c1-3-10-19(11-9-13-7-5-4-6-8-13)15-18-17-14(20-15)12-16-2/h7,16H,3-6,8-12H2,1-2H3. The van der Waals surface area contributed by atoms with Crippen LogP contribution < -0.4 is 10.2 Å². The van der Waals surface area contributed by atoms with Crippen molar-refractivity contribution in [1.29, 1.82) is 0 Å². The predicted molar refractivity (Wildman–Crippen MR) is 80.7 cm³/mol. The molecular weight excluding hydrogens is 252 g/mol. The van der Waals surface area contributed by atoms with Gasteiger partial charge in [-0.1, -0.05) is 23.7 Å². The first kappa shape index (κ1) is 15.0. The van der Waals surface area contributed by atoms with Crippen molar-refractivity contribution >= 4 is 6.01 Å². The SMILES string of the molecule is CCCN(CCC1=CCCCC1)c1nnc(CNC)o1. The van der Waals surface area contributed by atoms with E-state index >= 15 is 0 Å². The molecule has 0 bridgehead atoms. The van der Waals surface area contributed by atoms with Crippen molar-refractivity contribution in [3.63, 3.8) is 0 Å². The van der Waals surface area contributed by atoms with Gasteiger partial charge in [0.15, 0.2) is 0 Å². The molecular formula is C15H26N4O. The Morgan fingerprint density at radius 2 is 2.20 bits per heavy atom. The third-order valence-electron chi connectivity index (χ3n) is 3.64. The second kappa shape index (κ2) is 8.04. The summed E-state index contributed by atoms with van der Waals surface area (Å²) in [5, 5.41) is 11.3. The molecule has 112 valence electrons. The Hall–Kier alpha value is -1.36. The van der Waals surface area contributed by atoms with Crippen LogP contribution in [0, 0.1) is 0 Å². The van der Waals surface area contributed by atoms with Gasteiger partial charge in [0.2, 0.25) is 5.89 Å². The van der Waals surface area contributed by atoms with Crippen molar-refractivity contribution in [1.82, 2.24) is 15.5 Å². The molecule has 0 saturated carbocycles. The number of rotatable bonds is 8. The van der Waals surface area contributed by atoms with Crippen LogP contribution in [-0.2, 0) is 6.54 Å². The zero-order chi connectivity index (χ0) is 14.2. The lowest BCUT2D eigenvalue weighted by molar-refractivity contribution is 0.468. The molecule has 0 saturated heterocycles. The van der Waals surface area contributed by atoms with E-state index in [2.05, 4.69) is 33.4 Å². The Morgan fingerprint density at radius 3 is 2.90 bits per heavy atom. The average Bonchev–Trinajstić information content (AvgIpc) is 2.93. The normalized spacial score (nSPS) is 15.2. The zero-order valence-corrected chi connectivity index (χ0v) is 12.7. The lowest BCUT2D eigenvalue weighted by Crippen LogP contribution is -2.26. The van der Waals surface area contributed by atoms with E-state index in [1.807, 2.05) is 7.05 Å². The highest BCUT2D eigenvalue weighted by atomic mass is 16.4. The maximum atomic E-state index is 5.70. The number of hydrogen-bond acceptors (Lipinski definition) is 5. The minimum atomic E-state index is 0.623. The molecule has 1 aromatic rings. The van der Waals surface area contributed by atoms with Crippen molar-refractivity contribution < 1.29 is 4.42 Å². The summed E-state index contributed by atoms with van der Waals surface area (Å²) in [5.74, 6) is 0.653. The smallest absolute Gasteiger partial charge is 0.318 e. The molecule has 5 nitrogen and oxygen atoms in total. The van der Waals surface area contributed by atoms with Crippen LogP contribution in [0.3, 0.4) is 0 Å². The molecule has 0 atom stereocenters. The fourth-order valence-corrected chi connectivity index (χ4v) is 2.58. The molecule has 1 aliphatic rings. The summed E-state index contributed by atoms with van der Waals surface area (Å²) in [6.45, 7) is 4.74. The van der Waals surface area contributed by atoms with Gasteiger partial charge in [0.25, 0.3) is 0 Å². The maximum Gasteiger partial charge on any atom is 0.318 e. The van der Waals surface area contributed by atoms with Gasteiger partial charge in [-0.2, -0.15) is 0 Å². The van der Waals surface area contributed by atoms with Crippen LogP contribution in [0.5, 0.6) is 0 Å². The van der Waals surface area contributed by atoms with Gasteiger partial charge in [-0.3, -0.25) is 0 Å². The maximum absolute atomic E-state index is 5.70. The van der Waals surface area contributed by atoms with E-state index in [0.717, 1.165) is 25.9 Å². The van der Waals surface area contributed by atoms with Gasteiger partial charge in [0.05, 0.1) is 6.54 Å². The monoisotopic (exact) mass is 278 g/mol. The second-order valence-electron chi connectivity index (χ2n) is 5.35. The van der Waals surface area contributed by atoms with Crippen LogP contribution in [-0.4, -0.2) is 30.3 Å². The quantitative estimate of drug-likeness (QED) is 0.741. The summed E-state index contributed by atoms with van der Waals surface area (Å²) in [4.78, 5) is 2.21. The van der Waals surface area contributed by atoms with E-state index in [4.69, 9.17) is 4.42 Å². The largest absolute Gasteiger partial charge is 0.407 e. The van der Waals surface area contributed by atoms with Gasteiger partial charge in [-0.05, 0) is 45.6 Å². The predicted octanol–water partition coefficient (Wildman–Crippen LogP) is 2.90. The lowest BCUT2D eigenvalue weighted by Gasteiger charge is -2.21. The summed E-state index contributed by atoms with van der Waals surface area (Å²) in [5.41, 5.74) is 1.59. The summed E-state index contributed by atoms with van der Waals surface area (Å²) in [7, 11) is 1.88. The summed E-state index contributed by atoms with van der Waals surface area (Å²) in [6, 6.07) is 0.661. The summed E-state index contributed by atoms with van der Waals surface area (Å²) in [6.07, 6.45) is 9.80. The third-order valence-corrected chi connectivity index (χ3v) is 3.64. The lowest BCUT2D eigenvalue weighted by atomic mass is 9.97. The molecule has 2 rings (SSSR count). The highest BCUT2D eigenvalue weighted by Gasteiger charge is 2.14. The number of aromatic nitrogens is 2. The van der Waals surface area contributed by atoms with Crippen LogP contribution in [0.1, 0.15) is 51.3 Å². The van der Waals surface area contributed by atoms with E-state index in [-0.39, 0.29) is 0 Å². The minimum Gasteiger partial charge on any atom is -0.407 e. The molecule has 0 radical (unpaired) electrons. The van der Waals surface area contributed by atoms with Crippen LogP contribution >= 0.6 is 0 Å². The Morgan fingerprint density at radius 1 is 1.30 bits per heavy atom. The van der Waals surface area contributed by atoms with E-state index in [1.54, 1.807) is 5.57 Å². The number of nitrogens with zero attached hydrogens (tertiary/aromatic N) is 3. The van der Waals surface area contributed by atoms with Gasteiger partial charge in [-0.25, -0.2) is 0 Å². The van der Waals surface area contributed by atoms with E-state index in [9.17, 15) is 0 Å². The van der Waals surface area contributed by atoms with Gasteiger partial charge < -0.3 is 14.6 Å². The molecule has 1 N–H and O–H groups in total. The first-order chi connectivity index (χ1) is 9.83. The Labute approximate surface area is 121 Å². The van der Waals surface area contributed by atoms with Crippen molar-refractivity contribution in [2.45, 2.75) is 52.0 Å². The van der Waals surface area contributed by atoms with Gasteiger partial charge in [0, 0.05) is 13.1 Å². The zero-order valence-electron chi connectivity index (χ0n) is 12.7. The number of nitrogens with one attached hydrogen (secondary N) is 1. The molecule has 1 aliphatic carbocycles. The summed E-state index contributed by atoms with van der Waals surface area (Å²) >= 11 is 0. The summed E-state index contributed by atoms with van der Waals surface area (Å²) < 4.78 is 5.70. The molecule has 0 aliphatic heterocycles. The molecule has 0 fully saturated rings. The van der Waals surface area contributed by atoms with Crippen molar-refractivity contribution in [2.24, 2.45) is 0 Å². The second-order valence-corrected chi connectivity index (χ2v) is 5.35. The minimum absolute atomic E-state index is 0.623. The molecule has 0 amide bonds. The van der Waals surface area contributed by atoms with E-state index in [0.29, 0.717) is 18.5 Å². The average molecular weight is 278 g/mol. The molecule has 1 aromatic heterocycles. The number of anilines is 1. The van der Waals surface area contributed by atoms with Crippen molar-refractivity contribution in [2.75, 3.05) is 25.0 Å². The molecule has 0 spiro atoms. The molecule has 0 unspecified atom stereocenters.